The largest absolute Gasteiger partial charge is 0.314 e. The minimum atomic E-state index is -0.136. The molecule has 0 radical (unpaired) electrons. The number of hydrogen-bond acceptors (Lipinski definition) is 1. The van der Waals surface area contributed by atoms with Gasteiger partial charge in [0.2, 0.25) is 0 Å². The van der Waals surface area contributed by atoms with Crippen LogP contribution >= 0.6 is 0 Å². The van der Waals surface area contributed by atoms with E-state index in [1.54, 1.807) is 12.1 Å². The minimum Gasteiger partial charge on any atom is -0.314 e. The maximum Gasteiger partial charge on any atom is 0.123 e. The lowest BCUT2D eigenvalue weighted by Crippen LogP contribution is -2.38. The standard InChI is InChI=1S/C17H26FN/c1-13-11-15(18)7-6-14(13)8-10-19-16-5-4-9-17(2,3)12-16/h6-7,11,16,19H,4-5,8-10,12H2,1-3H3. The van der Waals surface area contributed by atoms with E-state index in [0.29, 0.717) is 11.5 Å². The molecule has 0 heterocycles. The molecule has 0 spiro atoms. The predicted molar refractivity (Wildman–Crippen MR) is 78.9 cm³/mol. The highest BCUT2D eigenvalue weighted by atomic mass is 19.1. The van der Waals surface area contributed by atoms with E-state index in [2.05, 4.69) is 19.2 Å². The average Bonchev–Trinajstić information content (AvgIpc) is 2.31. The van der Waals surface area contributed by atoms with Crippen LogP contribution in [-0.2, 0) is 6.42 Å². The topological polar surface area (TPSA) is 12.0 Å². The first-order valence-corrected chi connectivity index (χ1v) is 7.45. The molecule has 0 aromatic heterocycles. The van der Waals surface area contributed by atoms with Crippen LogP contribution in [0.4, 0.5) is 4.39 Å². The molecule has 1 nitrogen and oxygen atoms in total. The van der Waals surface area contributed by atoms with Gasteiger partial charge in [-0.3, -0.25) is 0 Å². The summed E-state index contributed by atoms with van der Waals surface area (Å²) in [6, 6.07) is 5.76. The number of nitrogens with one attached hydrogen (secondary N) is 1. The smallest absolute Gasteiger partial charge is 0.123 e. The lowest BCUT2D eigenvalue weighted by Gasteiger charge is -2.35. The summed E-state index contributed by atoms with van der Waals surface area (Å²) < 4.78 is 13.0. The second-order valence-electron chi connectivity index (χ2n) is 6.73. The second-order valence-corrected chi connectivity index (χ2v) is 6.73. The normalized spacial score (nSPS) is 22.4. The van der Waals surface area contributed by atoms with Gasteiger partial charge in [-0.2, -0.15) is 0 Å². The third-order valence-corrected chi connectivity index (χ3v) is 4.34. The molecule has 1 aliphatic carbocycles. The van der Waals surface area contributed by atoms with E-state index in [9.17, 15) is 4.39 Å². The molecule has 1 saturated carbocycles. The van der Waals surface area contributed by atoms with Gasteiger partial charge >= 0.3 is 0 Å². The molecule has 0 amide bonds. The number of aryl methyl sites for hydroxylation is 1. The van der Waals surface area contributed by atoms with Crippen LogP contribution in [0, 0.1) is 18.2 Å². The average molecular weight is 263 g/mol. The summed E-state index contributed by atoms with van der Waals surface area (Å²) in [6.45, 7) is 7.71. The SMILES string of the molecule is Cc1cc(F)ccc1CCNC1CCCC(C)(C)C1. The molecule has 19 heavy (non-hydrogen) atoms. The van der Waals surface area contributed by atoms with Gasteiger partial charge in [0.1, 0.15) is 5.82 Å². The van der Waals surface area contributed by atoms with E-state index in [1.807, 2.05) is 13.0 Å². The summed E-state index contributed by atoms with van der Waals surface area (Å²) in [6.07, 6.45) is 6.24. The predicted octanol–water partition coefficient (Wildman–Crippen LogP) is 4.24. The lowest BCUT2D eigenvalue weighted by atomic mass is 9.75. The van der Waals surface area contributed by atoms with Gasteiger partial charge in [0.05, 0.1) is 0 Å². The Labute approximate surface area is 116 Å². The van der Waals surface area contributed by atoms with Crippen LogP contribution in [-0.4, -0.2) is 12.6 Å². The van der Waals surface area contributed by atoms with Crippen LogP contribution in [0.3, 0.4) is 0 Å². The molecule has 1 atom stereocenters. The van der Waals surface area contributed by atoms with E-state index < -0.39 is 0 Å². The molecule has 1 N–H and O–H groups in total. The van der Waals surface area contributed by atoms with Crippen molar-refractivity contribution in [1.29, 1.82) is 0 Å². The van der Waals surface area contributed by atoms with Crippen LogP contribution < -0.4 is 5.32 Å². The monoisotopic (exact) mass is 263 g/mol. The molecule has 1 aromatic rings. The maximum absolute atomic E-state index is 13.0. The van der Waals surface area contributed by atoms with E-state index in [1.165, 1.54) is 31.2 Å². The molecule has 2 heteroatoms. The van der Waals surface area contributed by atoms with E-state index in [4.69, 9.17) is 0 Å². The molecule has 0 bridgehead atoms. The van der Waals surface area contributed by atoms with Crippen LogP contribution in [0.2, 0.25) is 0 Å². The Bertz CT molecular complexity index is 425. The lowest BCUT2D eigenvalue weighted by molar-refractivity contribution is 0.199. The Morgan fingerprint density at radius 1 is 1.37 bits per heavy atom. The molecule has 0 aliphatic heterocycles. The Morgan fingerprint density at radius 2 is 2.16 bits per heavy atom. The highest BCUT2D eigenvalue weighted by Crippen LogP contribution is 2.34. The van der Waals surface area contributed by atoms with Gasteiger partial charge in [-0.25, -0.2) is 4.39 Å². The van der Waals surface area contributed by atoms with E-state index >= 15 is 0 Å². The maximum atomic E-state index is 13.0. The van der Waals surface area contributed by atoms with Crippen molar-refractivity contribution in [1.82, 2.24) is 5.32 Å². The Balaban J connectivity index is 1.80. The van der Waals surface area contributed by atoms with Crippen LogP contribution in [0.25, 0.3) is 0 Å². The van der Waals surface area contributed by atoms with E-state index in [0.717, 1.165) is 18.5 Å². The summed E-state index contributed by atoms with van der Waals surface area (Å²) in [5.41, 5.74) is 2.80. The summed E-state index contributed by atoms with van der Waals surface area (Å²) in [5.74, 6) is -0.136. The van der Waals surface area contributed by atoms with Gasteiger partial charge < -0.3 is 5.32 Å². The van der Waals surface area contributed by atoms with Gasteiger partial charge in [0.15, 0.2) is 0 Å². The zero-order chi connectivity index (χ0) is 13.9. The van der Waals surface area contributed by atoms with Gasteiger partial charge in [-0.1, -0.05) is 26.3 Å². The van der Waals surface area contributed by atoms with E-state index in [-0.39, 0.29) is 5.82 Å². The van der Waals surface area contributed by atoms with Crippen molar-refractivity contribution in [3.8, 4) is 0 Å². The highest BCUT2D eigenvalue weighted by molar-refractivity contribution is 5.26. The van der Waals surface area contributed by atoms with Gasteiger partial charge in [0.25, 0.3) is 0 Å². The van der Waals surface area contributed by atoms with Crippen molar-refractivity contribution in [2.45, 2.75) is 58.9 Å². The summed E-state index contributed by atoms with van der Waals surface area (Å²) in [5, 5.41) is 3.67. The molecule has 1 fully saturated rings. The Hall–Kier alpha value is -0.890. The molecular formula is C17H26FN. The van der Waals surface area contributed by atoms with Crippen LogP contribution in [0.5, 0.6) is 0 Å². The summed E-state index contributed by atoms with van der Waals surface area (Å²) >= 11 is 0. The summed E-state index contributed by atoms with van der Waals surface area (Å²) in [7, 11) is 0. The van der Waals surface area contributed by atoms with Crippen molar-refractivity contribution >= 4 is 0 Å². The fourth-order valence-electron chi connectivity index (χ4n) is 3.22. The zero-order valence-electron chi connectivity index (χ0n) is 12.4. The van der Waals surface area contributed by atoms with Crippen LogP contribution in [0.15, 0.2) is 18.2 Å². The Kier molecular flexibility index (Phi) is 4.62. The molecule has 0 saturated heterocycles. The molecule has 106 valence electrons. The van der Waals surface area contributed by atoms with Crippen LogP contribution in [0.1, 0.15) is 50.7 Å². The molecule has 1 aliphatic rings. The minimum absolute atomic E-state index is 0.136. The fraction of sp³-hybridized carbons (Fsp3) is 0.647. The van der Waals surface area contributed by atoms with Crippen molar-refractivity contribution in [2.75, 3.05) is 6.54 Å². The number of benzene rings is 1. The van der Waals surface area contributed by atoms with Crippen molar-refractivity contribution in [2.24, 2.45) is 5.41 Å². The molecule has 1 aromatic carbocycles. The zero-order valence-corrected chi connectivity index (χ0v) is 12.4. The van der Waals surface area contributed by atoms with Crippen molar-refractivity contribution in [3.05, 3.63) is 35.1 Å². The summed E-state index contributed by atoms with van der Waals surface area (Å²) in [4.78, 5) is 0. The molecular weight excluding hydrogens is 237 g/mol. The first kappa shape index (κ1) is 14.5. The first-order chi connectivity index (χ1) is 8.96. The fourth-order valence-corrected chi connectivity index (χ4v) is 3.22. The number of hydrogen-bond donors (Lipinski definition) is 1. The number of halogens is 1. The van der Waals surface area contributed by atoms with Gasteiger partial charge in [-0.05, 0) is 67.8 Å². The van der Waals surface area contributed by atoms with Crippen molar-refractivity contribution in [3.63, 3.8) is 0 Å². The first-order valence-electron chi connectivity index (χ1n) is 7.45. The third-order valence-electron chi connectivity index (χ3n) is 4.34. The van der Waals surface area contributed by atoms with Gasteiger partial charge in [-0.15, -0.1) is 0 Å². The quantitative estimate of drug-likeness (QED) is 0.857. The molecule has 1 unspecified atom stereocenters. The third kappa shape index (κ3) is 4.31. The Morgan fingerprint density at radius 3 is 2.84 bits per heavy atom. The second kappa shape index (κ2) is 6.04. The molecule has 2 rings (SSSR count). The van der Waals surface area contributed by atoms with Crippen molar-refractivity contribution < 1.29 is 4.39 Å². The van der Waals surface area contributed by atoms with Gasteiger partial charge in [0, 0.05) is 6.04 Å². The number of rotatable bonds is 4. The highest BCUT2D eigenvalue weighted by Gasteiger charge is 2.27.